The van der Waals surface area contributed by atoms with Gasteiger partial charge in [-0.15, -0.1) is 0 Å². The second kappa shape index (κ2) is 7.24. The summed E-state index contributed by atoms with van der Waals surface area (Å²) in [6.07, 6.45) is 3.60. The number of rotatable bonds is 6. The van der Waals surface area contributed by atoms with Gasteiger partial charge in [0.25, 0.3) is 0 Å². The minimum atomic E-state index is -3.44. The fraction of sp³-hybridized carbons (Fsp3) is 0.600. The van der Waals surface area contributed by atoms with Gasteiger partial charge < -0.3 is 10.5 Å². The monoisotopic (exact) mass is 312 g/mol. The van der Waals surface area contributed by atoms with Crippen LogP contribution in [0.25, 0.3) is 0 Å². The van der Waals surface area contributed by atoms with Crippen LogP contribution in [0.15, 0.2) is 29.2 Å². The van der Waals surface area contributed by atoms with E-state index >= 15 is 0 Å². The molecule has 2 N–H and O–H groups in total. The van der Waals surface area contributed by atoms with E-state index in [1.165, 1.54) is 0 Å². The molecule has 6 heteroatoms. The number of sulfonamides is 1. The molecule has 1 fully saturated rings. The first-order valence-electron chi connectivity index (χ1n) is 7.54. The van der Waals surface area contributed by atoms with Gasteiger partial charge >= 0.3 is 0 Å². The molecule has 0 radical (unpaired) electrons. The first-order chi connectivity index (χ1) is 10.1. The molecular weight excluding hydrogens is 288 g/mol. The standard InChI is InChI=1S/C15H24N2O3S/c1-2-20-14-6-8-15(9-7-14)21(18,19)17-12-4-3-5-13(17)10-11-16/h6-9,13H,2-5,10-12,16H2,1H3. The minimum absolute atomic E-state index is 0.0281. The van der Waals surface area contributed by atoms with Gasteiger partial charge in [-0.2, -0.15) is 4.31 Å². The van der Waals surface area contributed by atoms with Crippen LogP contribution in [0.2, 0.25) is 0 Å². The molecule has 0 bridgehead atoms. The lowest BCUT2D eigenvalue weighted by molar-refractivity contribution is 0.243. The molecule has 0 spiro atoms. The molecule has 1 aromatic rings. The average molecular weight is 312 g/mol. The maximum atomic E-state index is 12.8. The summed E-state index contributed by atoms with van der Waals surface area (Å²) < 4.78 is 32.5. The second-order valence-electron chi connectivity index (χ2n) is 5.25. The highest BCUT2D eigenvalue weighted by Crippen LogP contribution is 2.27. The summed E-state index contributed by atoms with van der Waals surface area (Å²) in [6, 6.07) is 6.68. The molecule has 0 saturated carbocycles. The van der Waals surface area contributed by atoms with E-state index in [0.29, 0.717) is 30.3 Å². The lowest BCUT2D eigenvalue weighted by Gasteiger charge is -2.34. The molecule has 1 aliphatic heterocycles. The number of nitrogens with zero attached hydrogens (tertiary/aromatic N) is 1. The molecule has 1 saturated heterocycles. The van der Waals surface area contributed by atoms with E-state index in [1.54, 1.807) is 28.6 Å². The summed E-state index contributed by atoms with van der Waals surface area (Å²) >= 11 is 0. The molecule has 0 amide bonds. The Morgan fingerprint density at radius 2 is 2.00 bits per heavy atom. The number of benzene rings is 1. The van der Waals surface area contributed by atoms with Crippen molar-refractivity contribution in [3.8, 4) is 5.75 Å². The van der Waals surface area contributed by atoms with Crippen LogP contribution >= 0.6 is 0 Å². The lowest BCUT2D eigenvalue weighted by atomic mass is 10.0. The first-order valence-corrected chi connectivity index (χ1v) is 8.98. The van der Waals surface area contributed by atoms with Crippen LogP contribution in [0.4, 0.5) is 0 Å². The van der Waals surface area contributed by atoms with Crippen molar-refractivity contribution in [2.45, 2.75) is 43.5 Å². The molecule has 0 aromatic heterocycles. The Hall–Kier alpha value is -1.11. The predicted molar refractivity (Wildman–Crippen MR) is 82.8 cm³/mol. The van der Waals surface area contributed by atoms with Crippen molar-refractivity contribution in [1.29, 1.82) is 0 Å². The Balaban J connectivity index is 2.22. The molecule has 1 aliphatic rings. The first kappa shape index (κ1) is 16.3. The highest BCUT2D eigenvalue weighted by molar-refractivity contribution is 7.89. The van der Waals surface area contributed by atoms with Gasteiger partial charge in [0.05, 0.1) is 11.5 Å². The molecule has 1 heterocycles. The zero-order chi connectivity index (χ0) is 15.3. The summed E-state index contributed by atoms with van der Waals surface area (Å²) in [5.41, 5.74) is 5.62. The van der Waals surface area contributed by atoms with Gasteiger partial charge in [-0.05, 0) is 57.0 Å². The van der Waals surface area contributed by atoms with E-state index in [-0.39, 0.29) is 6.04 Å². The molecule has 1 aromatic carbocycles. The molecular formula is C15H24N2O3S. The van der Waals surface area contributed by atoms with Crippen LogP contribution in [0.3, 0.4) is 0 Å². The van der Waals surface area contributed by atoms with E-state index in [9.17, 15) is 8.42 Å². The molecule has 118 valence electrons. The van der Waals surface area contributed by atoms with E-state index in [4.69, 9.17) is 10.5 Å². The van der Waals surface area contributed by atoms with Crippen LogP contribution in [-0.2, 0) is 10.0 Å². The second-order valence-corrected chi connectivity index (χ2v) is 7.14. The van der Waals surface area contributed by atoms with Crippen molar-refractivity contribution in [3.05, 3.63) is 24.3 Å². The summed E-state index contributed by atoms with van der Waals surface area (Å²) in [5, 5.41) is 0. The molecule has 5 nitrogen and oxygen atoms in total. The Morgan fingerprint density at radius 1 is 1.29 bits per heavy atom. The Labute approximate surface area is 127 Å². The zero-order valence-corrected chi connectivity index (χ0v) is 13.3. The van der Waals surface area contributed by atoms with Crippen LogP contribution in [-0.4, -0.2) is 38.5 Å². The fourth-order valence-electron chi connectivity index (χ4n) is 2.78. The highest BCUT2D eigenvalue weighted by Gasteiger charge is 2.32. The van der Waals surface area contributed by atoms with Gasteiger partial charge in [0.15, 0.2) is 0 Å². The smallest absolute Gasteiger partial charge is 0.243 e. The van der Waals surface area contributed by atoms with Crippen molar-refractivity contribution < 1.29 is 13.2 Å². The Morgan fingerprint density at radius 3 is 2.62 bits per heavy atom. The lowest BCUT2D eigenvalue weighted by Crippen LogP contribution is -2.44. The van der Waals surface area contributed by atoms with Crippen molar-refractivity contribution in [2.24, 2.45) is 5.73 Å². The quantitative estimate of drug-likeness (QED) is 0.871. The van der Waals surface area contributed by atoms with Gasteiger partial charge in [-0.1, -0.05) is 6.42 Å². The number of hydrogen-bond donors (Lipinski definition) is 1. The maximum absolute atomic E-state index is 12.8. The Bertz CT molecular complexity index is 541. The zero-order valence-electron chi connectivity index (χ0n) is 12.5. The largest absolute Gasteiger partial charge is 0.494 e. The van der Waals surface area contributed by atoms with Crippen molar-refractivity contribution in [2.75, 3.05) is 19.7 Å². The van der Waals surface area contributed by atoms with E-state index in [2.05, 4.69) is 0 Å². The number of hydrogen-bond acceptors (Lipinski definition) is 4. The summed E-state index contributed by atoms with van der Waals surface area (Å²) in [5.74, 6) is 0.689. The number of ether oxygens (including phenoxy) is 1. The summed E-state index contributed by atoms with van der Waals surface area (Å²) in [4.78, 5) is 0.329. The Kier molecular flexibility index (Phi) is 5.61. The van der Waals surface area contributed by atoms with E-state index < -0.39 is 10.0 Å². The molecule has 2 rings (SSSR count). The third kappa shape index (κ3) is 3.75. The van der Waals surface area contributed by atoms with Gasteiger partial charge in [-0.3, -0.25) is 0 Å². The van der Waals surface area contributed by atoms with Gasteiger partial charge in [-0.25, -0.2) is 8.42 Å². The topological polar surface area (TPSA) is 72.6 Å². The van der Waals surface area contributed by atoms with Crippen molar-refractivity contribution in [1.82, 2.24) is 4.31 Å². The van der Waals surface area contributed by atoms with Gasteiger partial charge in [0.1, 0.15) is 5.75 Å². The SMILES string of the molecule is CCOc1ccc(S(=O)(=O)N2CCCCC2CCN)cc1. The fourth-order valence-corrected chi connectivity index (χ4v) is 4.50. The van der Waals surface area contributed by atoms with E-state index in [0.717, 1.165) is 25.7 Å². The number of piperidine rings is 1. The van der Waals surface area contributed by atoms with Crippen molar-refractivity contribution >= 4 is 10.0 Å². The third-order valence-corrected chi connectivity index (χ3v) is 5.78. The van der Waals surface area contributed by atoms with Crippen LogP contribution in [0.1, 0.15) is 32.6 Å². The normalized spacial score (nSPS) is 20.4. The number of nitrogens with two attached hydrogens (primary N) is 1. The molecule has 21 heavy (non-hydrogen) atoms. The van der Waals surface area contributed by atoms with Crippen LogP contribution in [0.5, 0.6) is 5.75 Å². The van der Waals surface area contributed by atoms with Crippen molar-refractivity contribution in [3.63, 3.8) is 0 Å². The third-order valence-electron chi connectivity index (χ3n) is 3.81. The van der Waals surface area contributed by atoms with Gasteiger partial charge in [0, 0.05) is 12.6 Å². The molecule has 1 atom stereocenters. The molecule has 0 aliphatic carbocycles. The van der Waals surface area contributed by atoms with Crippen LogP contribution in [0, 0.1) is 0 Å². The van der Waals surface area contributed by atoms with Crippen LogP contribution < -0.4 is 10.5 Å². The predicted octanol–water partition coefficient (Wildman–Crippen LogP) is 1.98. The highest BCUT2D eigenvalue weighted by atomic mass is 32.2. The summed E-state index contributed by atoms with van der Waals surface area (Å²) in [7, 11) is -3.44. The molecule has 1 unspecified atom stereocenters. The summed E-state index contributed by atoms with van der Waals surface area (Å²) in [6.45, 7) is 3.56. The van der Waals surface area contributed by atoms with E-state index in [1.807, 2.05) is 6.92 Å². The minimum Gasteiger partial charge on any atom is -0.494 e. The van der Waals surface area contributed by atoms with Gasteiger partial charge in [0.2, 0.25) is 10.0 Å². The maximum Gasteiger partial charge on any atom is 0.243 e. The average Bonchev–Trinajstić information content (AvgIpc) is 2.49.